The Kier molecular flexibility index (Phi) is 3.11. The molecule has 1 heterocycles. The lowest BCUT2D eigenvalue weighted by Crippen LogP contribution is -2.05. The highest BCUT2D eigenvalue weighted by atomic mass is 79.9. The van der Waals surface area contributed by atoms with E-state index in [0.29, 0.717) is 15.9 Å². The van der Waals surface area contributed by atoms with Crippen molar-refractivity contribution < 1.29 is 9.90 Å². The Balaban J connectivity index is 3.12. The van der Waals surface area contributed by atoms with E-state index in [4.69, 9.17) is 22.4 Å². The summed E-state index contributed by atoms with van der Waals surface area (Å²) in [4.78, 5) is 14.2. The van der Waals surface area contributed by atoms with Crippen LogP contribution in [0.4, 0.5) is 5.69 Å². The number of hydrogen-bond acceptors (Lipinski definition) is 3. The van der Waals surface area contributed by atoms with Crippen molar-refractivity contribution in [2.45, 2.75) is 6.42 Å². The molecule has 13 heavy (non-hydrogen) atoms. The molecule has 0 aliphatic heterocycles. The van der Waals surface area contributed by atoms with Gasteiger partial charge in [0.2, 0.25) is 0 Å². The maximum absolute atomic E-state index is 10.4. The topological polar surface area (TPSA) is 76.2 Å². The third kappa shape index (κ3) is 2.57. The van der Waals surface area contributed by atoms with Crippen molar-refractivity contribution in [1.82, 2.24) is 4.98 Å². The average Bonchev–Trinajstić information content (AvgIpc) is 1.98. The number of carboxylic acid groups (broad SMARTS) is 1. The summed E-state index contributed by atoms with van der Waals surface area (Å²) in [5.41, 5.74) is 6.25. The Hall–Kier alpha value is -0.810. The van der Waals surface area contributed by atoms with Gasteiger partial charge in [-0.25, -0.2) is 4.98 Å². The van der Waals surface area contributed by atoms with Crippen LogP contribution in [0.1, 0.15) is 5.69 Å². The Morgan fingerprint density at radius 3 is 2.92 bits per heavy atom. The fourth-order valence-corrected chi connectivity index (χ4v) is 1.39. The van der Waals surface area contributed by atoms with E-state index in [1.807, 2.05) is 0 Å². The normalized spacial score (nSPS) is 10.0. The molecule has 4 nitrogen and oxygen atoms in total. The monoisotopic (exact) mass is 264 g/mol. The van der Waals surface area contributed by atoms with Crippen molar-refractivity contribution in [1.29, 1.82) is 0 Å². The van der Waals surface area contributed by atoms with Crippen molar-refractivity contribution in [3.63, 3.8) is 0 Å². The van der Waals surface area contributed by atoms with Gasteiger partial charge in [-0.1, -0.05) is 11.6 Å². The fraction of sp³-hybridized carbons (Fsp3) is 0.143. The summed E-state index contributed by atoms with van der Waals surface area (Å²) in [5.74, 6) is -0.977. The predicted octanol–water partition coefficient (Wildman–Crippen LogP) is 1.71. The maximum atomic E-state index is 10.4. The lowest BCUT2D eigenvalue weighted by molar-refractivity contribution is -0.136. The van der Waals surface area contributed by atoms with Crippen LogP contribution in [0.2, 0.25) is 5.15 Å². The summed E-state index contributed by atoms with van der Waals surface area (Å²) in [7, 11) is 0. The number of halogens is 2. The molecule has 6 heteroatoms. The van der Waals surface area contributed by atoms with Crippen LogP contribution in [-0.4, -0.2) is 16.1 Å². The number of nitrogen functional groups attached to an aromatic ring is 1. The number of pyridine rings is 1. The molecule has 0 bridgehead atoms. The average molecular weight is 265 g/mol. The molecule has 0 unspecified atom stereocenters. The largest absolute Gasteiger partial charge is 0.481 e. The van der Waals surface area contributed by atoms with Gasteiger partial charge in [-0.05, 0) is 22.0 Å². The first-order valence-electron chi connectivity index (χ1n) is 3.33. The van der Waals surface area contributed by atoms with Gasteiger partial charge in [0.05, 0.1) is 22.3 Å². The van der Waals surface area contributed by atoms with E-state index in [2.05, 4.69) is 20.9 Å². The standard InChI is InChI=1S/C7H6BrClN2O2/c8-7-3(10)1-5(9)11-4(7)2-6(12)13/h1H,2H2,(H2,10,11)(H,12,13). The second-order valence-corrected chi connectivity index (χ2v) is 3.55. The molecule has 0 aliphatic rings. The molecule has 0 saturated heterocycles. The third-order valence-corrected chi connectivity index (χ3v) is 2.45. The summed E-state index contributed by atoms with van der Waals surface area (Å²) in [6, 6.07) is 1.46. The zero-order chi connectivity index (χ0) is 10.0. The third-order valence-electron chi connectivity index (χ3n) is 1.34. The maximum Gasteiger partial charge on any atom is 0.309 e. The summed E-state index contributed by atoms with van der Waals surface area (Å²) in [6.07, 6.45) is -0.203. The van der Waals surface area contributed by atoms with Crippen LogP contribution in [0, 0.1) is 0 Å². The Morgan fingerprint density at radius 1 is 1.77 bits per heavy atom. The molecular weight excluding hydrogens is 259 g/mol. The van der Waals surface area contributed by atoms with Crippen molar-refractivity contribution in [3.05, 3.63) is 21.4 Å². The van der Waals surface area contributed by atoms with E-state index in [-0.39, 0.29) is 11.6 Å². The van der Waals surface area contributed by atoms with Gasteiger partial charge in [0, 0.05) is 0 Å². The first-order valence-corrected chi connectivity index (χ1v) is 4.50. The number of nitrogens with two attached hydrogens (primary N) is 1. The minimum absolute atomic E-state index is 0.192. The number of aromatic nitrogens is 1. The van der Waals surface area contributed by atoms with Gasteiger partial charge in [-0.3, -0.25) is 4.79 Å². The molecule has 0 aliphatic carbocycles. The van der Waals surface area contributed by atoms with Crippen LogP contribution in [0.5, 0.6) is 0 Å². The SMILES string of the molecule is Nc1cc(Cl)nc(CC(=O)O)c1Br. The second kappa shape index (κ2) is 3.93. The molecule has 0 fully saturated rings. The lowest BCUT2D eigenvalue weighted by atomic mass is 10.2. The van der Waals surface area contributed by atoms with Gasteiger partial charge >= 0.3 is 5.97 Å². The molecule has 70 valence electrons. The van der Waals surface area contributed by atoms with E-state index in [1.165, 1.54) is 6.07 Å². The zero-order valence-electron chi connectivity index (χ0n) is 6.42. The van der Waals surface area contributed by atoms with E-state index in [1.54, 1.807) is 0 Å². The van der Waals surface area contributed by atoms with Crippen LogP contribution in [0.15, 0.2) is 10.5 Å². The molecule has 0 amide bonds. The van der Waals surface area contributed by atoms with E-state index >= 15 is 0 Å². The van der Waals surface area contributed by atoms with E-state index < -0.39 is 5.97 Å². The van der Waals surface area contributed by atoms with Gasteiger partial charge in [0.15, 0.2) is 0 Å². The smallest absolute Gasteiger partial charge is 0.309 e. The number of rotatable bonds is 2. The molecule has 1 aromatic rings. The first-order chi connectivity index (χ1) is 6.00. The quantitative estimate of drug-likeness (QED) is 0.798. The number of anilines is 1. The highest BCUT2D eigenvalue weighted by molar-refractivity contribution is 9.10. The molecule has 0 atom stereocenters. The van der Waals surface area contributed by atoms with Gasteiger partial charge in [-0.2, -0.15) is 0 Å². The fourth-order valence-electron chi connectivity index (χ4n) is 0.829. The molecule has 0 spiro atoms. The highest BCUT2D eigenvalue weighted by Crippen LogP contribution is 2.25. The van der Waals surface area contributed by atoms with E-state index in [0.717, 1.165) is 0 Å². The van der Waals surface area contributed by atoms with Gasteiger partial charge in [0.1, 0.15) is 5.15 Å². The minimum Gasteiger partial charge on any atom is -0.481 e. The van der Waals surface area contributed by atoms with Crippen molar-refractivity contribution in [2.24, 2.45) is 0 Å². The number of nitrogens with zero attached hydrogens (tertiary/aromatic N) is 1. The lowest BCUT2D eigenvalue weighted by Gasteiger charge is -2.04. The van der Waals surface area contributed by atoms with Crippen LogP contribution >= 0.6 is 27.5 Å². The zero-order valence-corrected chi connectivity index (χ0v) is 8.76. The molecule has 0 aromatic carbocycles. The summed E-state index contributed by atoms with van der Waals surface area (Å²) >= 11 is 8.73. The number of carbonyl (C=O) groups is 1. The highest BCUT2D eigenvalue weighted by Gasteiger charge is 2.10. The molecule has 1 rings (SSSR count). The molecule has 1 aromatic heterocycles. The Bertz CT molecular complexity index is 357. The van der Waals surface area contributed by atoms with Gasteiger partial charge in [-0.15, -0.1) is 0 Å². The summed E-state index contributed by atoms with van der Waals surface area (Å²) in [6.45, 7) is 0. The Labute approximate surface area is 87.8 Å². The minimum atomic E-state index is -0.977. The first kappa shape index (κ1) is 10.3. The van der Waals surface area contributed by atoms with Crippen molar-refractivity contribution in [3.8, 4) is 0 Å². The summed E-state index contributed by atoms with van der Waals surface area (Å²) in [5, 5.41) is 8.72. The molecule has 0 radical (unpaired) electrons. The Morgan fingerprint density at radius 2 is 2.38 bits per heavy atom. The van der Waals surface area contributed by atoms with Gasteiger partial charge < -0.3 is 10.8 Å². The van der Waals surface area contributed by atoms with Crippen LogP contribution in [0.3, 0.4) is 0 Å². The summed E-state index contributed by atoms with van der Waals surface area (Å²) < 4.78 is 0.485. The van der Waals surface area contributed by atoms with Gasteiger partial charge in [0.25, 0.3) is 0 Å². The number of hydrogen-bond donors (Lipinski definition) is 2. The second-order valence-electron chi connectivity index (χ2n) is 2.37. The van der Waals surface area contributed by atoms with Crippen molar-refractivity contribution in [2.75, 3.05) is 5.73 Å². The molecule has 3 N–H and O–H groups in total. The van der Waals surface area contributed by atoms with Crippen LogP contribution in [0.25, 0.3) is 0 Å². The van der Waals surface area contributed by atoms with E-state index in [9.17, 15) is 4.79 Å². The predicted molar refractivity (Wildman–Crippen MR) is 52.7 cm³/mol. The molecular formula is C7H6BrClN2O2. The van der Waals surface area contributed by atoms with Crippen LogP contribution in [-0.2, 0) is 11.2 Å². The van der Waals surface area contributed by atoms with Crippen LogP contribution < -0.4 is 5.73 Å². The number of carboxylic acids is 1. The molecule has 0 saturated carbocycles. The van der Waals surface area contributed by atoms with Crippen molar-refractivity contribution >= 4 is 39.2 Å². The number of aliphatic carboxylic acids is 1.